The van der Waals surface area contributed by atoms with Crippen LogP contribution in [0.3, 0.4) is 0 Å². The number of carbonyl (C=O) groups is 2. The van der Waals surface area contributed by atoms with Crippen molar-refractivity contribution in [3.8, 4) is 10.6 Å². The highest BCUT2D eigenvalue weighted by Gasteiger charge is 2.25. The first kappa shape index (κ1) is 21.8. The van der Waals surface area contributed by atoms with E-state index in [0.717, 1.165) is 26.0 Å². The Labute approximate surface area is 201 Å². The number of fused-ring (bicyclic) bond motifs is 2. The maximum Gasteiger partial charge on any atom is 0.339 e. The van der Waals surface area contributed by atoms with Crippen LogP contribution in [0, 0.1) is 0 Å². The Morgan fingerprint density at radius 2 is 1.65 bits per heavy atom. The second-order valence-electron chi connectivity index (χ2n) is 7.85. The van der Waals surface area contributed by atoms with Crippen LogP contribution in [-0.2, 0) is 9.53 Å². The van der Waals surface area contributed by atoms with E-state index in [0.29, 0.717) is 23.2 Å². The molecule has 0 aliphatic carbocycles. The molecule has 5 aromatic rings. The molecule has 34 heavy (non-hydrogen) atoms. The molecular weight excluding hydrogens is 444 g/mol. The fourth-order valence-corrected chi connectivity index (χ4v) is 4.90. The second kappa shape index (κ2) is 9.45. The molecular formula is C28H22N2O3S. The molecule has 0 fully saturated rings. The monoisotopic (exact) mass is 466 g/mol. The lowest BCUT2D eigenvalue weighted by Gasteiger charge is -2.17. The Morgan fingerprint density at radius 1 is 0.912 bits per heavy atom. The van der Waals surface area contributed by atoms with Crippen LogP contribution in [0.15, 0.2) is 91.0 Å². The number of ether oxygens (including phenoxy) is 1. The average Bonchev–Trinajstić information content (AvgIpc) is 3.31. The fraction of sp³-hybridized carbons (Fsp3) is 0.107. The standard InChI is InChI=1S/C28H22N2O3S/c1-2-24(26(31)29-22-16-9-11-18-10-3-4-12-19(18)22)33-28(32)21-14-6-5-13-20(21)27-30-23-15-7-8-17-25(23)34-27/h3-17,24H,2H2,1H3,(H,29,31). The van der Waals surface area contributed by atoms with Crippen molar-refractivity contribution in [1.82, 2.24) is 4.98 Å². The zero-order valence-corrected chi connectivity index (χ0v) is 19.3. The molecule has 1 unspecified atom stereocenters. The summed E-state index contributed by atoms with van der Waals surface area (Å²) < 4.78 is 6.74. The maximum absolute atomic E-state index is 13.2. The zero-order chi connectivity index (χ0) is 23.5. The van der Waals surface area contributed by atoms with E-state index in [4.69, 9.17) is 4.74 Å². The quantitative estimate of drug-likeness (QED) is 0.283. The molecule has 1 heterocycles. The number of para-hydroxylation sites is 1. The molecule has 0 aliphatic heterocycles. The van der Waals surface area contributed by atoms with E-state index in [-0.39, 0.29) is 5.91 Å². The lowest BCUT2D eigenvalue weighted by atomic mass is 10.1. The third kappa shape index (κ3) is 4.28. The molecule has 5 rings (SSSR count). The van der Waals surface area contributed by atoms with Crippen molar-refractivity contribution < 1.29 is 14.3 Å². The van der Waals surface area contributed by atoms with Gasteiger partial charge < -0.3 is 10.1 Å². The van der Waals surface area contributed by atoms with Crippen LogP contribution in [0.5, 0.6) is 0 Å². The van der Waals surface area contributed by atoms with Crippen molar-refractivity contribution >= 4 is 49.9 Å². The average molecular weight is 467 g/mol. The minimum atomic E-state index is -0.921. The number of thiazole rings is 1. The second-order valence-corrected chi connectivity index (χ2v) is 8.88. The number of rotatable bonds is 6. The molecule has 5 nitrogen and oxygen atoms in total. The third-order valence-corrected chi connectivity index (χ3v) is 6.70. The van der Waals surface area contributed by atoms with E-state index in [1.54, 1.807) is 12.1 Å². The summed E-state index contributed by atoms with van der Waals surface area (Å²) in [5.41, 5.74) is 2.65. The van der Waals surface area contributed by atoms with Gasteiger partial charge in [0.2, 0.25) is 0 Å². The molecule has 0 bridgehead atoms. The summed E-state index contributed by atoms with van der Waals surface area (Å²) in [7, 11) is 0. The van der Waals surface area contributed by atoms with Gasteiger partial charge in [-0.2, -0.15) is 0 Å². The number of hydrogen-bond acceptors (Lipinski definition) is 5. The Bertz CT molecular complexity index is 1470. The number of amides is 1. The van der Waals surface area contributed by atoms with Gasteiger partial charge >= 0.3 is 5.97 Å². The van der Waals surface area contributed by atoms with Crippen LogP contribution < -0.4 is 5.32 Å². The van der Waals surface area contributed by atoms with E-state index in [9.17, 15) is 9.59 Å². The van der Waals surface area contributed by atoms with Gasteiger partial charge in [0.05, 0.1) is 15.8 Å². The normalized spacial score (nSPS) is 11.9. The Morgan fingerprint density at radius 3 is 2.50 bits per heavy atom. The van der Waals surface area contributed by atoms with Crippen molar-refractivity contribution in [3.05, 3.63) is 96.6 Å². The smallest absolute Gasteiger partial charge is 0.339 e. The SMILES string of the molecule is CCC(OC(=O)c1ccccc1-c1nc2ccccc2s1)C(=O)Nc1cccc2ccccc12. The first-order valence-corrected chi connectivity index (χ1v) is 11.9. The summed E-state index contributed by atoms with van der Waals surface area (Å²) in [6.07, 6.45) is -0.569. The Kier molecular flexibility index (Phi) is 6.06. The predicted molar refractivity (Wildman–Crippen MR) is 137 cm³/mol. The summed E-state index contributed by atoms with van der Waals surface area (Å²) in [4.78, 5) is 30.9. The lowest BCUT2D eigenvalue weighted by molar-refractivity contribution is -0.124. The van der Waals surface area contributed by atoms with Crippen LogP contribution in [0.1, 0.15) is 23.7 Å². The Balaban J connectivity index is 1.38. The number of benzene rings is 4. The molecule has 0 spiro atoms. The summed E-state index contributed by atoms with van der Waals surface area (Å²) in [6, 6.07) is 28.6. The molecule has 4 aromatic carbocycles. The van der Waals surface area contributed by atoms with E-state index in [1.807, 2.05) is 85.8 Å². The molecule has 0 radical (unpaired) electrons. The highest BCUT2D eigenvalue weighted by Crippen LogP contribution is 2.32. The van der Waals surface area contributed by atoms with Crippen molar-refractivity contribution in [2.75, 3.05) is 5.32 Å². The Hall–Kier alpha value is -4.03. The lowest BCUT2D eigenvalue weighted by Crippen LogP contribution is -2.32. The van der Waals surface area contributed by atoms with E-state index < -0.39 is 12.1 Å². The van der Waals surface area contributed by atoms with E-state index >= 15 is 0 Å². The van der Waals surface area contributed by atoms with Crippen molar-refractivity contribution in [2.24, 2.45) is 0 Å². The number of aromatic nitrogens is 1. The molecule has 6 heteroatoms. The van der Waals surface area contributed by atoms with Crippen LogP contribution in [0.2, 0.25) is 0 Å². The van der Waals surface area contributed by atoms with Gasteiger partial charge in [0, 0.05) is 16.6 Å². The van der Waals surface area contributed by atoms with Gasteiger partial charge in [0.1, 0.15) is 5.01 Å². The molecule has 168 valence electrons. The zero-order valence-electron chi connectivity index (χ0n) is 18.5. The molecule has 1 aromatic heterocycles. The fourth-order valence-electron chi connectivity index (χ4n) is 3.90. The van der Waals surface area contributed by atoms with Gasteiger partial charge in [0.15, 0.2) is 6.10 Å². The van der Waals surface area contributed by atoms with Crippen molar-refractivity contribution in [2.45, 2.75) is 19.4 Å². The third-order valence-electron chi connectivity index (χ3n) is 5.63. The topological polar surface area (TPSA) is 68.3 Å². The molecule has 1 amide bonds. The van der Waals surface area contributed by atoms with Gasteiger partial charge in [-0.1, -0.05) is 73.7 Å². The summed E-state index contributed by atoms with van der Waals surface area (Å²) in [5, 5.41) is 5.62. The van der Waals surface area contributed by atoms with E-state index in [1.165, 1.54) is 11.3 Å². The first-order valence-electron chi connectivity index (χ1n) is 11.1. The molecule has 0 saturated carbocycles. The van der Waals surface area contributed by atoms with Crippen LogP contribution in [0.4, 0.5) is 5.69 Å². The minimum Gasteiger partial charge on any atom is -0.449 e. The molecule has 0 saturated heterocycles. The number of nitrogens with one attached hydrogen (secondary N) is 1. The van der Waals surface area contributed by atoms with Gasteiger partial charge in [-0.25, -0.2) is 9.78 Å². The summed E-state index contributed by atoms with van der Waals surface area (Å²) in [6.45, 7) is 1.82. The molecule has 1 atom stereocenters. The summed E-state index contributed by atoms with van der Waals surface area (Å²) >= 11 is 1.52. The first-order chi connectivity index (χ1) is 16.6. The highest BCUT2D eigenvalue weighted by molar-refractivity contribution is 7.21. The summed E-state index contributed by atoms with van der Waals surface area (Å²) in [5.74, 6) is -0.903. The van der Waals surface area contributed by atoms with Crippen LogP contribution >= 0.6 is 11.3 Å². The van der Waals surface area contributed by atoms with Crippen LogP contribution in [0.25, 0.3) is 31.6 Å². The van der Waals surface area contributed by atoms with E-state index in [2.05, 4.69) is 10.3 Å². The van der Waals surface area contributed by atoms with Gasteiger partial charge in [-0.05, 0) is 36.1 Å². The van der Waals surface area contributed by atoms with Gasteiger partial charge in [-0.3, -0.25) is 4.79 Å². The largest absolute Gasteiger partial charge is 0.449 e. The highest BCUT2D eigenvalue weighted by atomic mass is 32.1. The van der Waals surface area contributed by atoms with Crippen molar-refractivity contribution in [1.29, 1.82) is 0 Å². The number of carbonyl (C=O) groups excluding carboxylic acids is 2. The van der Waals surface area contributed by atoms with Crippen molar-refractivity contribution in [3.63, 3.8) is 0 Å². The van der Waals surface area contributed by atoms with Gasteiger partial charge in [0.25, 0.3) is 5.91 Å². The van der Waals surface area contributed by atoms with Gasteiger partial charge in [-0.15, -0.1) is 11.3 Å². The number of nitrogens with zero attached hydrogens (tertiary/aromatic N) is 1. The number of esters is 1. The minimum absolute atomic E-state index is 0.353. The molecule has 0 aliphatic rings. The number of anilines is 1. The van der Waals surface area contributed by atoms with Crippen LogP contribution in [-0.4, -0.2) is 23.0 Å². The number of hydrogen-bond donors (Lipinski definition) is 1. The maximum atomic E-state index is 13.2. The predicted octanol–water partition coefficient (Wildman–Crippen LogP) is 6.69. The molecule has 1 N–H and O–H groups in total.